The van der Waals surface area contributed by atoms with E-state index in [2.05, 4.69) is 24.9 Å². The summed E-state index contributed by atoms with van der Waals surface area (Å²) in [4.78, 5) is 6.74. The Kier molecular flexibility index (Phi) is 4.80. The van der Waals surface area contributed by atoms with E-state index in [0.717, 1.165) is 6.33 Å². The maximum Gasteiger partial charge on any atom is 0.420 e. The number of hydrogen-bond acceptors (Lipinski definition) is 4. The second-order valence-electron chi connectivity index (χ2n) is 4.25. The minimum atomic E-state index is -4.93. The SMILES string of the molecule is FC(F)(F)c1cnc(C(OCc2ncn[nH]2)C(F)(F)F)c(Cl)c1. The van der Waals surface area contributed by atoms with Gasteiger partial charge in [-0.05, 0) is 6.07 Å². The lowest BCUT2D eigenvalue weighted by atomic mass is 10.2. The van der Waals surface area contributed by atoms with Gasteiger partial charge in [0.2, 0.25) is 0 Å². The molecule has 12 heteroatoms. The van der Waals surface area contributed by atoms with Crippen molar-refractivity contribution in [3.8, 4) is 0 Å². The Labute approximate surface area is 129 Å². The number of ether oxygens (including phenoxy) is 1. The molecular weight excluding hydrogens is 354 g/mol. The van der Waals surface area contributed by atoms with Crippen LogP contribution in [0.3, 0.4) is 0 Å². The van der Waals surface area contributed by atoms with Crippen LogP contribution in [-0.2, 0) is 17.5 Å². The third kappa shape index (κ3) is 4.32. The molecule has 2 aromatic heterocycles. The van der Waals surface area contributed by atoms with Gasteiger partial charge in [-0.1, -0.05) is 11.6 Å². The maximum absolute atomic E-state index is 13.1. The van der Waals surface area contributed by atoms with Crippen molar-refractivity contribution in [3.05, 3.63) is 40.7 Å². The Morgan fingerprint density at radius 1 is 1.17 bits per heavy atom. The van der Waals surface area contributed by atoms with Crippen molar-refractivity contribution in [2.24, 2.45) is 0 Å². The molecule has 2 aromatic rings. The van der Waals surface area contributed by atoms with Crippen molar-refractivity contribution in [1.82, 2.24) is 20.2 Å². The minimum Gasteiger partial charge on any atom is -0.354 e. The average molecular weight is 361 g/mol. The van der Waals surface area contributed by atoms with E-state index in [1.165, 1.54) is 0 Å². The molecule has 0 spiro atoms. The number of rotatable bonds is 4. The number of H-pyrrole nitrogens is 1. The van der Waals surface area contributed by atoms with Crippen molar-refractivity contribution in [3.63, 3.8) is 0 Å². The maximum atomic E-state index is 13.1. The molecule has 0 bridgehead atoms. The fourth-order valence-corrected chi connectivity index (χ4v) is 1.85. The zero-order valence-electron chi connectivity index (χ0n) is 10.9. The summed E-state index contributed by atoms with van der Waals surface area (Å²) >= 11 is 5.52. The van der Waals surface area contributed by atoms with E-state index >= 15 is 0 Å². The summed E-state index contributed by atoms with van der Waals surface area (Å²) in [6.07, 6.45) is -11.0. The molecule has 1 atom stereocenters. The Bertz CT molecular complexity index is 658. The molecule has 1 unspecified atom stereocenters. The predicted octanol–water partition coefficient (Wildman–Crippen LogP) is 3.69. The zero-order valence-corrected chi connectivity index (χ0v) is 11.7. The standard InChI is InChI=1S/C11H7ClF6N4O/c12-6-1-5(10(13,14)15)2-19-8(6)9(11(16,17)18)23-3-7-20-4-21-22-7/h1-2,4,9H,3H2,(H,20,21,22). The van der Waals surface area contributed by atoms with E-state index in [-0.39, 0.29) is 12.0 Å². The molecule has 0 saturated heterocycles. The lowest BCUT2D eigenvalue weighted by Crippen LogP contribution is -2.25. The molecule has 2 heterocycles. The highest BCUT2D eigenvalue weighted by Crippen LogP contribution is 2.40. The highest BCUT2D eigenvalue weighted by atomic mass is 35.5. The van der Waals surface area contributed by atoms with E-state index < -0.39 is 41.3 Å². The number of aromatic amines is 1. The molecule has 0 fully saturated rings. The first kappa shape index (κ1) is 17.5. The van der Waals surface area contributed by atoms with Crippen LogP contribution in [0.25, 0.3) is 0 Å². The number of nitrogens with zero attached hydrogens (tertiary/aromatic N) is 3. The van der Waals surface area contributed by atoms with Gasteiger partial charge in [-0.15, -0.1) is 0 Å². The monoisotopic (exact) mass is 360 g/mol. The van der Waals surface area contributed by atoms with Crippen molar-refractivity contribution in [1.29, 1.82) is 0 Å². The Hall–Kier alpha value is -1.88. The Morgan fingerprint density at radius 3 is 2.35 bits per heavy atom. The second-order valence-corrected chi connectivity index (χ2v) is 4.66. The van der Waals surface area contributed by atoms with Gasteiger partial charge >= 0.3 is 12.4 Å². The van der Waals surface area contributed by atoms with Gasteiger partial charge in [0.05, 0.1) is 16.3 Å². The molecule has 0 radical (unpaired) electrons. The summed E-state index contributed by atoms with van der Waals surface area (Å²) in [5, 5.41) is 4.90. The summed E-state index contributed by atoms with van der Waals surface area (Å²) < 4.78 is 81.3. The van der Waals surface area contributed by atoms with Crippen LogP contribution >= 0.6 is 11.6 Å². The van der Waals surface area contributed by atoms with Gasteiger partial charge in [-0.3, -0.25) is 10.1 Å². The Morgan fingerprint density at radius 2 is 1.87 bits per heavy atom. The Balaban J connectivity index is 2.29. The quantitative estimate of drug-likeness (QED) is 0.845. The van der Waals surface area contributed by atoms with E-state index in [0.29, 0.717) is 6.07 Å². The normalized spacial score (nSPS) is 14.0. The molecule has 0 aromatic carbocycles. The van der Waals surface area contributed by atoms with E-state index in [1.54, 1.807) is 0 Å². The summed E-state index contributed by atoms with van der Waals surface area (Å²) in [6, 6.07) is 0.362. The van der Waals surface area contributed by atoms with Crippen LogP contribution in [0, 0.1) is 0 Å². The number of aromatic nitrogens is 4. The van der Waals surface area contributed by atoms with Gasteiger partial charge in [-0.2, -0.15) is 31.4 Å². The smallest absolute Gasteiger partial charge is 0.354 e. The summed E-state index contributed by atoms with van der Waals surface area (Å²) in [5.41, 5.74) is -2.13. The van der Waals surface area contributed by atoms with Crippen LogP contribution in [0.15, 0.2) is 18.6 Å². The van der Waals surface area contributed by atoms with Gasteiger partial charge < -0.3 is 4.74 Å². The first-order chi connectivity index (χ1) is 10.6. The van der Waals surface area contributed by atoms with Crippen LogP contribution < -0.4 is 0 Å². The molecule has 0 saturated carbocycles. The van der Waals surface area contributed by atoms with Gasteiger partial charge in [-0.25, -0.2) is 4.98 Å². The van der Waals surface area contributed by atoms with Gasteiger partial charge in [0, 0.05) is 6.20 Å². The minimum absolute atomic E-state index is 0.00211. The molecule has 5 nitrogen and oxygen atoms in total. The average Bonchev–Trinajstić information content (AvgIpc) is 2.91. The predicted molar refractivity (Wildman–Crippen MR) is 64.2 cm³/mol. The van der Waals surface area contributed by atoms with Gasteiger partial charge in [0.15, 0.2) is 6.10 Å². The summed E-state index contributed by atoms with van der Waals surface area (Å²) in [6.45, 7) is -0.608. The summed E-state index contributed by atoms with van der Waals surface area (Å²) in [5.74, 6) is 0.00211. The topological polar surface area (TPSA) is 63.7 Å². The third-order valence-electron chi connectivity index (χ3n) is 2.59. The molecule has 0 aliphatic heterocycles. The molecule has 0 amide bonds. The van der Waals surface area contributed by atoms with Crippen molar-refractivity contribution >= 4 is 11.6 Å². The molecular formula is C11H7ClF6N4O. The highest BCUT2D eigenvalue weighted by Gasteiger charge is 2.45. The molecule has 2 rings (SSSR count). The second kappa shape index (κ2) is 6.32. The number of hydrogen-bond donors (Lipinski definition) is 1. The molecule has 126 valence electrons. The zero-order chi connectivity index (χ0) is 17.3. The van der Waals surface area contributed by atoms with Crippen LogP contribution in [0.1, 0.15) is 23.2 Å². The molecule has 0 aliphatic carbocycles. The van der Waals surface area contributed by atoms with Gasteiger partial charge in [0.1, 0.15) is 18.8 Å². The number of alkyl halides is 6. The fourth-order valence-electron chi connectivity index (χ4n) is 1.59. The number of halogens is 7. The first-order valence-corrected chi connectivity index (χ1v) is 6.22. The highest BCUT2D eigenvalue weighted by molar-refractivity contribution is 6.31. The van der Waals surface area contributed by atoms with Crippen LogP contribution in [0.2, 0.25) is 5.02 Å². The molecule has 0 aliphatic rings. The van der Waals surface area contributed by atoms with Crippen molar-refractivity contribution in [2.75, 3.05) is 0 Å². The van der Waals surface area contributed by atoms with Gasteiger partial charge in [0.25, 0.3) is 0 Å². The third-order valence-corrected chi connectivity index (χ3v) is 2.90. The number of nitrogens with one attached hydrogen (secondary N) is 1. The fraction of sp³-hybridized carbons (Fsp3) is 0.364. The van der Waals surface area contributed by atoms with Crippen LogP contribution in [0.4, 0.5) is 26.3 Å². The molecule has 1 N–H and O–H groups in total. The first-order valence-electron chi connectivity index (χ1n) is 5.84. The van der Waals surface area contributed by atoms with E-state index in [4.69, 9.17) is 11.6 Å². The van der Waals surface area contributed by atoms with E-state index in [1.807, 2.05) is 0 Å². The van der Waals surface area contributed by atoms with Crippen molar-refractivity contribution in [2.45, 2.75) is 25.1 Å². The van der Waals surface area contributed by atoms with Crippen LogP contribution in [-0.4, -0.2) is 26.3 Å². The van der Waals surface area contributed by atoms with Crippen LogP contribution in [0.5, 0.6) is 0 Å². The van der Waals surface area contributed by atoms with Crippen molar-refractivity contribution < 1.29 is 31.1 Å². The lowest BCUT2D eigenvalue weighted by Gasteiger charge is -2.21. The molecule has 23 heavy (non-hydrogen) atoms. The summed E-state index contributed by atoms with van der Waals surface area (Å²) in [7, 11) is 0. The van der Waals surface area contributed by atoms with E-state index in [9.17, 15) is 26.3 Å². The number of pyridine rings is 1. The largest absolute Gasteiger partial charge is 0.420 e. The lowest BCUT2D eigenvalue weighted by molar-refractivity contribution is -0.229.